The summed E-state index contributed by atoms with van der Waals surface area (Å²) in [4.78, 5) is 122. The standard InChI is InChI=1S/C48H62O21/c1-9-36(49)60-26-46(27-61-37(50)10-2,28-62-38(51)11-3)24-59-25-47(29-63-39(52)12-4,30-64-40(53)13-5)31-68-44(57)22-20-18-17-19-21-23-45(58)69-35-48(32-65-41(54)14-6,33-66-42(55)15-7)34-67-43(56)16-8/h9-16H,1-8,17-35H2. The Morgan fingerprint density at radius 1 is 0.261 bits per heavy atom. The molecule has 0 heterocycles. The normalized spacial score (nSPS) is 10.8. The van der Waals surface area contributed by atoms with E-state index < -0.39 is 155 Å². The molecule has 0 aromatic carbocycles. The summed E-state index contributed by atoms with van der Waals surface area (Å²) < 4.78 is 58.6. The monoisotopic (exact) mass is 974 g/mol. The summed E-state index contributed by atoms with van der Waals surface area (Å²) in [6.45, 7) is 20.5. The van der Waals surface area contributed by atoms with Gasteiger partial charge in [0.15, 0.2) is 0 Å². The summed E-state index contributed by atoms with van der Waals surface area (Å²) in [7, 11) is 0. The first-order valence-corrected chi connectivity index (χ1v) is 21.1. The highest BCUT2D eigenvalue weighted by atomic mass is 16.6. The second-order valence-electron chi connectivity index (χ2n) is 15.1. The fraction of sp³-hybridized carbons (Fsp3) is 0.458. The van der Waals surface area contributed by atoms with Crippen LogP contribution in [-0.2, 0) is 100 Å². The van der Waals surface area contributed by atoms with Crippen LogP contribution >= 0.6 is 0 Å². The zero-order chi connectivity index (χ0) is 52.1. The molecule has 0 aromatic rings. The summed E-state index contributed by atoms with van der Waals surface area (Å²) >= 11 is 0. The lowest BCUT2D eigenvalue weighted by Crippen LogP contribution is -2.47. The van der Waals surface area contributed by atoms with Gasteiger partial charge in [0.25, 0.3) is 0 Å². The topological polar surface area (TPSA) is 272 Å². The van der Waals surface area contributed by atoms with Gasteiger partial charge in [-0.2, -0.15) is 0 Å². The molecule has 21 nitrogen and oxygen atoms in total. The van der Waals surface area contributed by atoms with Gasteiger partial charge in [0, 0.05) is 61.4 Å². The molecule has 0 rings (SSSR count). The summed E-state index contributed by atoms with van der Waals surface area (Å²) in [5.41, 5.74) is -4.65. The molecular formula is C48H62O21. The van der Waals surface area contributed by atoms with Gasteiger partial charge >= 0.3 is 59.7 Å². The molecule has 0 atom stereocenters. The Balaban J connectivity index is 5.84. The Hall–Kier alpha value is -7.42. The van der Waals surface area contributed by atoms with Gasteiger partial charge in [-0.25, -0.2) is 38.4 Å². The molecule has 69 heavy (non-hydrogen) atoms. The largest absolute Gasteiger partial charge is 0.465 e. The molecule has 0 spiro atoms. The highest BCUT2D eigenvalue weighted by molar-refractivity contribution is 5.84. The van der Waals surface area contributed by atoms with Crippen LogP contribution in [0.5, 0.6) is 0 Å². The van der Waals surface area contributed by atoms with Crippen molar-refractivity contribution in [3.63, 3.8) is 0 Å². The van der Waals surface area contributed by atoms with E-state index in [1.165, 1.54) is 0 Å². The van der Waals surface area contributed by atoms with Crippen LogP contribution < -0.4 is 0 Å². The van der Waals surface area contributed by atoms with Gasteiger partial charge in [-0.15, -0.1) is 0 Å². The number of esters is 10. The quantitative estimate of drug-likeness (QED) is 0.0367. The van der Waals surface area contributed by atoms with Crippen LogP contribution in [0.25, 0.3) is 0 Å². The average Bonchev–Trinajstić information content (AvgIpc) is 3.37. The predicted molar refractivity (Wildman–Crippen MR) is 242 cm³/mol. The maximum atomic E-state index is 13.0. The van der Waals surface area contributed by atoms with Crippen molar-refractivity contribution in [2.75, 3.05) is 79.3 Å². The highest BCUT2D eigenvalue weighted by Gasteiger charge is 2.41. The number of carbonyl (C=O) groups excluding carboxylic acids is 10. The molecule has 0 amide bonds. The molecule has 0 aliphatic carbocycles. The first kappa shape index (κ1) is 61.6. The molecule has 0 radical (unpaired) electrons. The van der Waals surface area contributed by atoms with Crippen molar-refractivity contribution < 1.29 is 100 Å². The molecule has 0 saturated heterocycles. The van der Waals surface area contributed by atoms with Crippen LogP contribution in [-0.4, -0.2) is 139 Å². The van der Waals surface area contributed by atoms with E-state index in [0.717, 1.165) is 48.6 Å². The Labute approximate surface area is 400 Å². The van der Waals surface area contributed by atoms with Crippen molar-refractivity contribution in [3.8, 4) is 0 Å². The van der Waals surface area contributed by atoms with E-state index in [9.17, 15) is 47.9 Å². The maximum Gasteiger partial charge on any atom is 0.330 e. The van der Waals surface area contributed by atoms with Gasteiger partial charge in [0.2, 0.25) is 0 Å². The number of rotatable bonds is 40. The van der Waals surface area contributed by atoms with E-state index in [1.54, 1.807) is 0 Å². The SMILES string of the molecule is C=CC(=O)OCC(COCC(COC(=O)C=C)(COC(=O)C=C)COC(=O)CCCCCCCC(=O)OCC(COC(=O)C=C)(COC(=O)C=C)COC(=O)C=C)(COC(=O)C=C)COC(=O)C=C. The summed E-state index contributed by atoms with van der Waals surface area (Å²) in [6.07, 6.45) is 9.26. The van der Waals surface area contributed by atoms with E-state index in [2.05, 4.69) is 52.6 Å². The van der Waals surface area contributed by atoms with E-state index in [0.29, 0.717) is 32.1 Å². The number of hydrogen-bond acceptors (Lipinski definition) is 21. The number of carbonyl (C=O) groups is 10. The van der Waals surface area contributed by atoms with Gasteiger partial charge in [-0.1, -0.05) is 71.9 Å². The zero-order valence-electron chi connectivity index (χ0n) is 38.8. The second-order valence-corrected chi connectivity index (χ2v) is 15.1. The lowest BCUT2D eigenvalue weighted by atomic mass is 9.90. The molecule has 0 aliphatic heterocycles. The number of ether oxygens (including phenoxy) is 11. The Kier molecular flexibility index (Phi) is 31.1. The van der Waals surface area contributed by atoms with Crippen molar-refractivity contribution in [1.29, 1.82) is 0 Å². The first-order valence-electron chi connectivity index (χ1n) is 21.1. The van der Waals surface area contributed by atoms with Crippen molar-refractivity contribution in [2.45, 2.75) is 44.9 Å². The van der Waals surface area contributed by atoms with Crippen LogP contribution in [0.15, 0.2) is 101 Å². The van der Waals surface area contributed by atoms with Crippen LogP contribution in [0.1, 0.15) is 44.9 Å². The van der Waals surface area contributed by atoms with Gasteiger partial charge in [0.1, 0.15) is 71.5 Å². The Morgan fingerprint density at radius 2 is 0.435 bits per heavy atom. The van der Waals surface area contributed by atoms with Crippen LogP contribution in [0.2, 0.25) is 0 Å². The molecule has 0 aliphatic rings. The van der Waals surface area contributed by atoms with Gasteiger partial charge in [0.05, 0.1) is 24.0 Å². The third-order valence-corrected chi connectivity index (χ3v) is 9.16. The third kappa shape index (κ3) is 27.7. The zero-order valence-corrected chi connectivity index (χ0v) is 38.8. The molecule has 0 unspecified atom stereocenters. The Morgan fingerprint density at radius 3 is 0.638 bits per heavy atom. The minimum absolute atomic E-state index is 0.0402. The molecule has 0 N–H and O–H groups in total. The fourth-order valence-electron chi connectivity index (χ4n) is 5.18. The first-order chi connectivity index (χ1) is 32.8. The van der Waals surface area contributed by atoms with Crippen LogP contribution in [0.3, 0.4) is 0 Å². The van der Waals surface area contributed by atoms with E-state index in [4.69, 9.17) is 52.1 Å². The summed E-state index contributed by atoms with van der Waals surface area (Å²) in [6, 6.07) is 0. The lowest BCUT2D eigenvalue weighted by molar-refractivity contribution is -0.172. The van der Waals surface area contributed by atoms with Gasteiger partial charge < -0.3 is 52.1 Å². The van der Waals surface area contributed by atoms with Crippen LogP contribution in [0.4, 0.5) is 0 Å². The van der Waals surface area contributed by atoms with Crippen molar-refractivity contribution in [3.05, 3.63) is 101 Å². The fourth-order valence-corrected chi connectivity index (χ4v) is 5.18. The van der Waals surface area contributed by atoms with Gasteiger partial charge in [-0.3, -0.25) is 9.59 Å². The molecule has 21 heteroatoms. The van der Waals surface area contributed by atoms with E-state index in [-0.39, 0.29) is 12.8 Å². The summed E-state index contributed by atoms with van der Waals surface area (Å²) in [5, 5.41) is 0. The maximum absolute atomic E-state index is 13.0. The average molecular weight is 975 g/mol. The molecular weight excluding hydrogens is 913 g/mol. The van der Waals surface area contributed by atoms with Crippen molar-refractivity contribution in [1.82, 2.24) is 0 Å². The third-order valence-electron chi connectivity index (χ3n) is 9.16. The Bertz CT molecular complexity index is 1720. The minimum atomic E-state index is -1.59. The molecule has 0 aromatic heterocycles. The van der Waals surface area contributed by atoms with E-state index in [1.807, 2.05) is 0 Å². The number of hydrogen-bond donors (Lipinski definition) is 0. The molecule has 0 bridgehead atoms. The highest BCUT2D eigenvalue weighted by Crippen LogP contribution is 2.27. The van der Waals surface area contributed by atoms with Gasteiger partial charge in [-0.05, 0) is 12.8 Å². The molecule has 380 valence electrons. The van der Waals surface area contributed by atoms with E-state index >= 15 is 0 Å². The van der Waals surface area contributed by atoms with Crippen molar-refractivity contribution in [2.24, 2.45) is 16.2 Å². The lowest BCUT2D eigenvalue weighted by Gasteiger charge is -2.35. The smallest absolute Gasteiger partial charge is 0.330 e. The number of unbranched alkanes of at least 4 members (excludes halogenated alkanes) is 4. The molecule has 0 fully saturated rings. The predicted octanol–water partition coefficient (Wildman–Crippen LogP) is 3.61. The summed E-state index contributed by atoms with van der Waals surface area (Å²) in [5.74, 6) is -8.23. The second kappa shape index (κ2) is 34.8. The van der Waals surface area contributed by atoms with Crippen molar-refractivity contribution >= 4 is 59.7 Å². The molecule has 0 saturated carbocycles. The minimum Gasteiger partial charge on any atom is -0.465 e. The van der Waals surface area contributed by atoms with Crippen LogP contribution in [0, 0.1) is 16.2 Å².